The molecule has 0 bridgehead atoms. The first kappa shape index (κ1) is 15.9. The second-order valence-corrected chi connectivity index (χ2v) is 6.93. The standard InChI is InChI=1S/C13H11Cl2FN2O2S/c1-7-2-9(17)6-10(3-7)21(19,20)18-13-11(14)4-8(16)5-12(13)15/h2-6,18H,17H2,1H3. The van der Waals surface area contributed by atoms with Crippen LogP contribution in [0, 0.1) is 12.7 Å². The first-order valence-electron chi connectivity index (χ1n) is 5.73. The SMILES string of the molecule is Cc1cc(N)cc(S(=O)(=O)Nc2c(Cl)cc(F)cc2Cl)c1. The van der Waals surface area contributed by atoms with Crippen molar-refractivity contribution < 1.29 is 12.8 Å². The van der Waals surface area contributed by atoms with Crippen molar-refractivity contribution >= 4 is 44.6 Å². The summed E-state index contributed by atoms with van der Waals surface area (Å²) >= 11 is 11.6. The van der Waals surface area contributed by atoms with Gasteiger partial charge in [0, 0.05) is 5.69 Å². The molecule has 0 aliphatic carbocycles. The van der Waals surface area contributed by atoms with Gasteiger partial charge in [0.1, 0.15) is 5.82 Å². The van der Waals surface area contributed by atoms with Crippen LogP contribution in [-0.2, 0) is 10.0 Å². The molecule has 0 spiro atoms. The lowest BCUT2D eigenvalue weighted by atomic mass is 10.2. The molecule has 2 aromatic carbocycles. The van der Waals surface area contributed by atoms with Crippen LogP contribution in [0.25, 0.3) is 0 Å². The van der Waals surface area contributed by atoms with Gasteiger partial charge in [0.25, 0.3) is 10.0 Å². The first-order valence-corrected chi connectivity index (χ1v) is 7.97. The molecule has 0 fully saturated rings. The third-order valence-electron chi connectivity index (χ3n) is 2.63. The van der Waals surface area contributed by atoms with E-state index in [0.717, 1.165) is 12.1 Å². The summed E-state index contributed by atoms with van der Waals surface area (Å²) in [5.41, 5.74) is 6.55. The monoisotopic (exact) mass is 348 g/mol. The molecule has 0 radical (unpaired) electrons. The van der Waals surface area contributed by atoms with Gasteiger partial charge >= 0.3 is 0 Å². The second-order valence-electron chi connectivity index (χ2n) is 4.43. The maximum absolute atomic E-state index is 13.1. The maximum atomic E-state index is 13.1. The van der Waals surface area contributed by atoms with Gasteiger partial charge in [0.15, 0.2) is 0 Å². The number of halogens is 3. The summed E-state index contributed by atoms with van der Waals surface area (Å²) in [6, 6.07) is 6.33. The third kappa shape index (κ3) is 3.58. The topological polar surface area (TPSA) is 72.2 Å². The number of nitrogens with two attached hydrogens (primary N) is 1. The Balaban J connectivity index is 2.47. The van der Waals surface area contributed by atoms with Gasteiger partial charge in [-0.05, 0) is 42.8 Å². The minimum absolute atomic E-state index is 0.0311. The van der Waals surface area contributed by atoms with Gasteiger partial charge < -0.3 is 5.73 Å². The number of anilines is 2. The molecule has 112 valence electrons. The molecule has 2 aromatic rings. The predicted molar refractivity (Wildman–Crippen MR) is 82.8 cm³/mol. The Morgan fingerprint density at radius 3 is 2.19 bits per heavy atom. The van der Waals surface area contributed by atoms with E-state index < -0.39 is 15.8 Å². The molecule has 0 unspecified atom stereocenters. The molecule has 8 heteroatoms. The Morgan fingerprint density at radius 2 is 1.67 bits per heavy atom. The predicted octanol–water partition coefficient (Wildman–Crippen LogP) is 3.82. The van der Waals surface area contributed by atoms with E-state index in [1.807, 2.05) is 0 Å². The number of sulfonamides is 1. The fourth-order valence-electron chi connectivity index (χ4n) is 1.76. The van der Waals surface area contributed by atoms with Crippen LogP contribution < -0.4 is 10.5 Å². The molecular weight excluding hydrogens is 338 g/mol. The number of nitrogen functional groups attached to an aromatic ring is 1. The number of aryl methyl sites for hydroxylation is 1. The Morgan fingerprint density at radius 1 is 1.10 bits per heavy atom. The zero-order valence-corrected chi connectivity index (χ0v) is 13.2. The van der Waals surface area contributed by atoms with Crippen LogP contribution in [0.5, 0.6) is 0 Å². The summed E-state index contributed by atoms with van der Waals surface area (Å²) in [5, 5.41) is -0.270. The molecule has 0 heterocycles. The quantitative estimate of drug-likeness (QED) is 0.828. The highest BCUT2D eigenvalue weighted by Gasteiger charge is 2.19. The summed E-state index contributed by atoms with van der Waals surface area (Å²) in [6.45, 7) is 1.72. The van der Waals surface area contributed by atoms with Gasteiger partial charge in [-0.2, -0.15) is 0 Å². The molecule has 0 aliphatic rings. The first-order chi connectivity index (χ1) is 9.69. The van der Waals surface area contributed by atoms with Crippen molar-refractivity contribution in [2.75, 3.05) is 10.5 Å². The number of benzene rings is 2. The Kier molecular flexibility index (Phi) is 4.32. The van der Waals surface area contributed by atoms with Crippen LogP contribution in [0.2, 0.25) is 10.0 Å². The average Bonchev–Trinajstić information content (AvgIpc) is 2.32. The van der Waals surface area contributed by atoms with E-state index in [1.165, 1.54) is 12.1 Å². The van der Waals surface area contributed by atoms with Crippen molar-refractivity contribution in [1.29, 1.82) is 0 Å². The van der Waals surface area contributed by atoms with E-state index in [9.17, 15) is 12.8 Å². The number of hydrogen-bond acceptors (Lipinski definition) is 3. The lowest BCUT2D eigenvalue weighted by molar-refractivity contribution is 0.601. The third-order valence-corrected chi connectivity index (χ3v) is 4.55. The van der Waals surface area contributed by atoms with Gasteiger partial charge in [-0.3, -0.25) is 4.72 Å². The number of nitrogens with one attached hydrogen (secondary N) is 1. The zero-order chi connectivity index (χ0) is 15.8. The van der Waals surface area contributed by atoms with E-state index >= 15 is 0 Å². The van der Waals surface area contributed by atoms with E-state index in [-0.39, 0.29) is 20.6 Å². The van der Waals surface area contributed by atoms with E-state index in [2.05, 4.69) is 4.72 Å². The second kappa shape index (κ2) is 5.71. The van der Waals surface area contributed by atoms with Gasteiger partial charge in [-0.15, -0.1) is 0 Å². The Labute approximate surface area is 131 Å². The summed E-state index contributed by atoms with van der Waals surface area (Å²) in [6.07, 6.45) is 0. The molecule has 0 saturated heterocycles. The minimum atomic E-state index is -3.94. The average molecular weight is 349 g/mol. The highest BCUT2D eigenvalue weighted by Crippen LogP contribution is 2.33. The van der Waals surface area contributed by atoms with E-state index in [1.54, 1.807) is 13.0 Å². The molecule has 4 nitrogen and oxygen atoms in total. The molecular formula is C13H11Cl2FN2O2S. The highest BCUT2D eigenvalue weighted by molar-refractivity contribution is 7.92. The highest BCUT2D eigenvalue weighted by atomic mass is 35.5. The molecule has 3 N–H and O–H groups in total. The Hall–Kier alpha value is -1.50. The van der Waals surface area contributed by atoms with Crippen LogP contribution in [-0.4, -0.2) is 8.42 Å². The van der Waals surface area contributed by atoms with Crippen molar-refractivity contribution in [3.63, 3.8) is 0 Å². The zero-order valence-electron chi connectivity index (χ0n) is 10.8. The van der Waals surface area contributed by atoms with Crippen LogP contribution in [0.3, 0.4) is 0 Å². The van der Waals surface area contributed by atoms with Crippen LogP contribution in [0.1, 0.15) is 5.56 Å². The smallest absolute Gasteiger partial charge is 0.262 e. The molecule has 0 atom stereocenters. The molecule has 2 rings (SSSR count). The molecule has 21 heavy (non-hydrogen) atoms. The fraction of sp³-hybridized carbons (Fsp3) is 0.0769. The summed E-state index contributed by atoms with van der Waals surface area (Å²) < 4.78 is 40.0. The molecule has 0 amide bonds. The fourth-order valence-corrected chi connectivity index (χ4v) is 3.67. The van der Waals surface area contributed by atoms with Crippen molar-refractivity contribution in [2.24, 2.45) is 0 Å². The van der Waals surface area contributed by atoms with Crippen molar-refractivity contribution in [3.05, 3.63) is 51.8 Å². The van der Waals surface area contributed by atoms with Gasteiger partial charge in [0.2, 0.25) is 0 Å². The number of rotatable bonds is 3. The van der Waals surface area contributed by atoms with E-state index in [4.69, 9.17) is 28.9 Å². The van der Waals surface area contributed by atoms with Gasteiger partial charge in [-0.1, -0.05) is 23.2 Å². The molecule has 0 saturated carbocycles. The molecule has 0 aromatic heterocycles. The van der Waals surface area contributed by atoms with Crippen LogP contribution in [0.4, 0.5) is 15.8 Å². The summed E-state index contributed by atoms with van der Waals surface area (Å²) in [7, 11) is -3.94. The van der Waals surface area contributed by atoms with Crippen molar-refractivity contribution in [2.45, 2.75) is 11.8 Å². The van der Waals surface area contributed by atoms with Gasteiger partial charge in [0.05, 0.1) is 20.6 Å². The molecule has 0 aliphatic heterocycles. The van der Waals surface area contributed by atoms with Gasteiger partial charge in [-0.25, -0.2) is 12.8 Å². The lowest BCUT2D eigenvalue weighted by Gasteiger charge is -2.12. The summed E-state index contributed by atoms with van der Waals surface area (Å²) in [4.78, 5) is -0.0311. The lowest BCUT2D eigenvalue weighted by Crippen LogP contribution is -2.14. The van der Waals surface area contributed by atoms with E-state index in [0.29, 0.717) is 11.3 Å². The van der Waals surface area contributed by atoms with Crippen LogP contribution in [0.15, 0.2) is 35.2 Å². The minimum Gasteiger partial charge on any atom is -0.399 e. The van der Waals surface area contributed by atoms with Crippen molar-refractivity contribution in [3.8, 4) is 0 Å². The Bertz CT molecular complexity index is 767. The summed E-state index contributed by atoms with van der Waals surface area (Å²) in [5.74, 6) is -0.659. The number of hydrogen-bond donors (Lipinski definition) is 2. The maximum Gasteiger partial charge on any atom is 0.262 e. The largest absolute Gasteiger partial charge is 0.399 e. The van der Waals surface area contributed by atoms with Crippen molar-refractivity contribution in [1.82, 2.24) is 0 Å². The van der Waals surface area contributed by atoms with Crippen LogP contribution >= 0.6 is 23.2 Å². The normalized spacial score (nSPS) is 11.4.